The number of hydrogen-bond donors (Lipinski definition) is 2. The Morgan fingerprint density at radius 1 is 1.44 bits per heavy atom. The van der Waals surface area contributed by atoms with Crippen molar-refractivity contribution in [3.8, 4) is 0 Å². The predicted molar refractivity (Wildman–Crippen MR) is 74.3 cm³/mol. The molecule has 0 radical (unpaired) electrons. The minimum absolute atomic E-state index is 0.188. The van der Waals surface area contributed by atoms with E-state index in [0.717, 1.165) is 18.7 Å². The van der Waals surface area contributed by atoms with Gasteiger partial charge in [-0.15, -0.1) is 0 Å². The molecule has 0 fully saturated rings. The maximum absolute atomic E-state index is 11.9. The van der Waals surface area contributed by atoms with Crippen LogP contribution in [0.4, 0.5) is 5.69 Å². The Kier molecular flexibility index (Phi) is 6.35. The molecule has 100 valence electrons. The standard InChI is InChI=1S/C12H19N3O2S/c1-3-5-14-11-4-6-13-9-10(11)12(16)15-7-8-18(2)17/h4,6,9H,3,5,7-8H2,1-2H3,(H,13,14)(H,15,16). The molecular formula is C12H19N3O2S. The van der Waals surface area contributed by atoms with Gasteiger partial charge in [0.25, 0.3) is 5.91 Å². The van der Waals surface area contributed by atoms with Crippen LogP contribution in [-0.4, -0.2) is 40.2 Å². The number of anilines is 1. The van der Waals surface area contributed by atoms with Gasteiger partial charge in [-0.2, -0.15) is 0 Å². The van der Waals surface area contributed by atoms with Crippen LogP contribution in [0.3, 0.4) is 0 Å². The zero-order chi connectivity index (χ0) is 13.4. The lowest BCUT2D eigenvalue weighted by Gasteiger charge is -2.10. The van der Waals surface area contributed by atoms with E-state index >= 15 is 0 Å². The number of nitrogens with one attached hydrogen (secondary N) is 2. The Morgan fingerprint density at radius 3 is 2.89 bits per heavy atom. The number of nitrogens with zero attached hydrogens (tertiary/aromatic N) is 1. The molecule has 1 amide bonds. The molecule has 18 heavy (non-hydrogen) atoms. The smallest absolute Gasteiger partial charge is 0.254 e. The summed E-state index contributed by atoms with van der Waals surface area (Å²) in [6.45, 7) is 3.28. The van der Waals surface area contributed by atoms with E-state index in [1.54, 1.807) is 18.5 Å². The second-order valence-electron chi connectivity index (χ2n) is 3.88. The number of rotatable bonds is 7. The molecule has 1 aromatic heterocycles. The summed E-state index contributed by atoms with van der Waals surface area (Å²) in [5.74, 6) is 0.274. The highest BCUT2D eigenvalue weighted by molar-refractivity contribution is 7.84. The fourth-order valence-corrected chi connectivity index (χ4v) is 1.78. The molecule has 1 atom stereocenters. The zero-order valence-corrected chi connectivity index (χ0v) is 11.5. The SMILES string of the molecule is CCCNc1ccncc1C(=O)NCCS(C)=O. The normalized spacial score (nSPS) is 11.9. The molecule has 0 aromatic carbocycles. The van der Waals surface area contributed by atoms with Crippen LogP contribution in [0.2, 0.25) is 0 Å². The first-order valence-electron chi connectivity index (χ1n) is 5.91. The van der Waals surface area contributed by atoms with Crippen LogP contribution in [0.25, 0.3) is 0 Å². The van der Waals surface area contributed by atoms with Crippen molar-refractivity contribution >= 4 is 22.4 Å². The van der Waals surface area contributed by atoms with Crippen molar-refractivity contribution in [1.82, 2.24) is 10.3 Å². The van der Waals surface area contributed by atoms with E-state index in [1.165, 1.54) is 6.20 Å². The summed E-state index contributed by atoms with van der Waals surface area (Å²) in [6, 6.07) is 1.78. The van der Waals surface area contributed by atoms with Gasteiger partial charge in [0.05, 0.1) is 11.3 Å². The second kappa shape index (κ2) is 7.81. The van der Waals surface area contributed by atoms with E-state index in [1.807, 2.05) is 0 Å². The van der Waals surface area contributed by atoms with E-state index in [4.69, 9.17) is 0 Å². The third-order valence-electron chi connectivity index (χ3n) is 2.31. The highest BCUT2D eigenvalue weighted by Crippen LogP contribution is 2.13. The van der Waals surface area contributed by atoms with Gasteiger partial charge in [-0.25, -0.2) is 0 Å². The monoisotopic (exact) mass is 269 g/mol. The fraction of sp³-hybridized carbons (Fsp3) is 0.500. The summed E-state index contributed by atoms with van der Waals surface area (Å²) >= 11 is 0. The van der Waals surface area contributed by atoms with Crippen LogP contribution in [0.5, 0.6) is 0 Å². The lowest BCUT2D eigenvalue weighted by Crippen LogP contribution is -2.28. The average molecular weight is 269 g/mol. The van der Waals surface area contributed by atoms with E-state index < -0.39 is 10.8 Å². The highest BCUT2D eigenvalue weighted by atomic mass is 32.2. The molecule has 6 heteroatoms. The Labute approximate surface area is 110 Å². The van der Waals surface area contributed by atoms with Crippen LogP contribution in [0.15, 0.2) is 18.5 Å². The molecule has 1 heterocycles. The highest BCUT2D eigenvalue weighted by Gasteiger charge is 2.10. The number of aromatic nitrogens is 1. The molecule has 0 spiro atoms. The fourth-order valence-electron chi connectivity index (χ4n) is 1.39. The number of pyridine rings is 1. The van der Waals surface area contributed by atoms with Crippen LogP contribution < -0.4 is 10.6 Å². The van der Waals surface area contributed by atoms with E-state index in [0.29, 0.717) is 17.9 Å². The van der Waals surface area contributed by atoms with E-state index in [-0.39, 0.29) is 5.91 Å². The Balaban J connectivity index is 2.63. The summed E-state index contributed by atoms with van der Waals surface area (Å²) in [4.78, 5) is 15.9. The van der Waals surface area contributed by atoms with Crippen molar-refractivity contribution in [3.63, 3.8) is 0 Å². The zero-order valence-electron chi connectivity index (χ0n) is 10.7. The Morgan fingerprint density at radius 2 is 2.22 bits per heavy atom. The van der Waals surface area contributed by atoms with Crippen LogP contribution in [-0.2, 0) is 10.8 Å². The third-order valence-corrected chi connectivity index (χ3v) is 3.09. The molecule has 1 unspecified atom stereocenters. The van der Waals surface area contributed by atoms with Crippen molar-refractivity contribution in [2.45, 2.75) is 13.3 Å². The first-order chi connectivity index (χ1) is 8.65. The van der Waals surface area contributed by atoms with Crippen molar-refractivity contribution in [1.29, 1.82) is 0 Å². The largest absolute Gasteiger partial charge is 0.384 e. The summed E-state index contributed by atoms with van der Waals surface area (Å²) in [7, 11) is -0.895. The number of amides is 1. The summed E-state index contributed by atoms with van der Waals surface area (Å²) in [5, 5.41) is 5.92. The van der Waals surface area contributed by atoms with Gasteiger partial charge in [0.2, 0.25) is 0 Å². The van der Waals surface area contributed by atoms with Gasteiger partial charge in [0, 0.05) is 48.3 Å². The number of carbonyl (C=O) groups is 1. The molecule has 0 aliphatic heterocycles. The molecule has 2 N–H and O–H groups in total. The molecular weight excluding hydrogens is 250 g/mol. The van der Waals surface area contributed by atoms with Gasteiger partial charge in [0.15, 0.2) is 0 Å². The third kappa shape index (κ3) is 4.83. The number of hydrogen-bond acceptors (Lipinski definition) is 4. The maximum atomic E-state index is 11.9. The van der Waals surface area contributed by atoms with Crippen LogP contribution in [0.1, 0.15) is 23.7 Å². The molecule has 0 bridgehead atoms. The minimum atomic E-state index is -0.895. The van der Waals surface area contributed by atoms with Crippen LogP contribution >= 0.6 is 0 Å². The first kappa shape index (κ1) is 14.6. The van der Waals surface area contributed by atoms with Crippen LogP contribution in [0, 0.1) is 0 Å². The van der Waals surface area contributed by atoms with Crippen molar-refractivity contribution in [2.75, 3.05) is 30.4 Å². The summed E-state index contributed by atoms with van der Waals surface area (Å²) < 4.78 is 10.9. The lowest BCUT2D eigenvalue weighted by atomic mass is 10.2. The minimum Gasteiger partial charge on any atom is -0.384 e. The van der Waals surface area contributed by atoms with Gasteiger partial charge < -0.3 is 10.6 Å². The van der Waals surface area contributed by atoms with Gasteiger partial charge in [-0.05, 0) is 12.5 Å². The molecule has 0 aliphatic rings. The van der Waals surface area contributed by atoms with Gasteiger partial charge in [-0.1, -0.05) is 6.92 Å². The van der Waals surface area contributed by atoms with Crippen molar-refractivity contribution in [3.05, 3.63) is 24.0 Å². The van der Waals surface area contributed by atoms with Gasteiger partial charge >= 0.3 is 0 Å². The maximum Gasteiger partial charge on any atom is 0.254 e. The topological polar surface area (TPSA) is 71.1 Å². The second-order valence-corrected chi connectivity index (χ2v) is 5.44. The lowest BCUT2D eigenvalue weighted by molar-refractivity contribution is 0.0956. The Bertz CT molecular complexity index is 424. The van der Waals surface area contributed by atoms with Crippen molar-refractivity contribution < 1.29 is 9.00 Å². The predicted octanol–water partition coefficient (Wildman–Crippen LogP) is 1.01. The van der Waals surface area contributed by atoms with Gasteiger partial charge in [0.1, 0.15) is 0 Å². The molecule has 0 saturated heterocycles. The molecule has 0 aliphatic carbocycles. The van der Waals surface area contributed by atoms with E-state index in [2.05, 4.69) is 22.5 Å². The quantitative estimate of drug-likeness (QED) is 0.775. The average Bonchev–Trinajstić information content (AvgIpc) is 2.36. The molecule has 5 nitrogen and oxygen atoms in total. The van der Waals surface area contributed by atoms with Crippen molar-refractivity contribution in [2.24, 2.45) is 0 Å². The molecule has 0 saturated carbocycles. The first-order valence-corrected chi connectivity index (χ1v) is 7.64. The van der Waals surface area contributed by atoms with E-state index in [9.17, 15) is 9.00 Å². The Hall–Kier alpha value is -1.43. The molecule has 1 aromatic rings. The van der Waals surface area contributed by atoms with Gasteiger partial charge in [-0.3, -0.25) is 14.0 Å². The summed E-state index contributed by atoms with van der Waals surface area (Å²) in [5.41, 5.74) is 1.30. The number of carbonyl (C=O) groups excluding carboxylic acids is 1. The summed E-state index contributed by atoms with van der Waals surface area (Å²) in [6.07, 6.45) is 5.79. The molecule has 1 rings (SSSR count).